The minimum absolute atomic E-state index is 0.151. The van der Waals surface area contributed by atoms with Crippen LogP contribution in [0.25, 0.3) is 0 Å². The second-order valence-corrected chi connectivity index (χ2v) is 4.75. The average molecular weight is 258 g/mol. The van der Waals surface area contributed by atoms with Crippen LogP contribution in [-0.2, 0) is 7.05 Å². The molecule has 1 unspecified atom stereocenters. The highest BCUT2D eigenvalue weighted by Crippen LogP contribution is 2.28. The molecule has 0 amide bonds. The van der Waals surface area contributed by atoms with Gasteiger partial charge in [0.1, 0.15) is 0 Å². The Kier molecular flexibility index (Phi) is 4.22. The van der Waals surface area contributed by atoms with Crippen molar-refractivity contribution in [2.75, 3.05) is 18.0 Å². The van der Waals surface area contributed by atoms with E-state index >= 15 is 0 Å². The monoisotopic (exact) mass is 258 g/mol. The Labute approximate surface area is 114 Å². The molecule has 1 aromatic carbocycles. The topological polar surface area (TPSA) is 47.1 Å². The maximum Gasteiger partial charge on any atom is 0.0946 e. The quantitative estimate of drug-likeness (QED) is 0.895. The van der Waals surface area contributed by atoms with Crippen LogP contribution in [0.15, 0.2) is 36.8 Å². The Morgan fingerprint density at radius 3 is 2.63 bits per heavy atom. The molecule has 2 rings (SSSR count). The van der Waals surface area contributed by atoms with Crippen LogP contribution in [0.3, 0.4) is 0 Å². The molecule has 0 aliphatic heterocycles. The van der Waals surface area contributed by atoms with Gasteiger partial charge in [-0.3, -0.25) is 0 Å². The summed E-state index contributed by atoms with van der Waals surface area (Å²) < 4.78 is 2.04. The van der Waals surface area contributed by atoms with Crippen molar-refractivity contribution in [1.82, 2.24) is 9.55 Å². The number of hydrogen-bond acceptors (Lipinski definition) is 3. The van der Waals surface area contributed by atoms with Crippen molar-refractivity contribution in [1.29, 1.82) is 0 Å². The fraction of sp³-hybridized carbons (Fsp3) is 0.400. The van der Waals surface area contributed by atoms with E-state index in [9.17, 15) is 0 Å². The van der Waals surface area contributed by atoms with Crippen molar-refractivity contribution < 1.29 is 0 Å². The van der Waals surface area contributed by atoms with Crippen molar-refractivity contribution in [2.24, 2.45) is 12.8 Å². The molecule has 4 heteroatoms. The number of benzene rings is 1. The van der Waals surface area contributed by atoms with Gasteiger partial charge in [0.15, 0.2) is 0 Å². The summed E-state index contributed by atoms with van der Waals surface area (Å²) in [5.41, 5.74) is 9.67. The molecule has 2 aromatic rings. The van der Waals surface area contributed by atoms with Gasteiger partial charge in [0.05, 0.1) is 24.3 Å². The summed E-state index contributed by atoms with van der Waals surface area (Å²) in [6, 6.07) is 8.57. The number of hydrogen-bond donors (Lipinski definition) is 1. The van der Waals surface area contributed by atoms with Crippen LogP contribution in [0.4, 0.5) is 5.69 Å². The number of para-hydroxylation sites is 1. The second kappa shape index (κ2) is 5.89. The molecular formula is C15H22N4. The number of nitrogens with zero attached hydrogens (tertiary/aromatic N) is 3. The zero-order chi connectivity index (χ0) is 13.8. The predicted molar refractivity (Wildman–Crippen MR) is 79.2 cm³/mol. The summed E-state index contributed by atoms with van der Waals surface area (Å²) in [5.74, 6) is 0. The van der Waals surface area contributed by atoms with Crippen molar-refractivity contribution in [3.05, 3.63) is 48.0 Å². The Hall–Kier alpha value is -1.81. The molecule has 102 valence electrons. The highest BCUT2D eigenvalue weighted by molar-refractivity contribution is 5.54. The molecular weight excluding hydrogens is 236 g/mol. The Bertz CT molecular complexity index is 532. The number of imidazole rings is 1. The lowest BCUT2D eigenvalue weighted by molar-refractivity contribution is 0.601. The molecule has 0 aliphatic carbocycles. The third-order valence-electron chi connectivity index (χ3n) is 3.56. The Morgan fingerprint density at radius 2 is 2.11 bits per heavy atom. The lowest BCUT2D eigenvalue weighted by Crippen LogP contribution is -2.35. The summed E-state index contributed by atoms with van der Waals surface area (Å²) >= 11 is 0. The molecule has 0 fully saturated rings. The molecule has 0 bridgehead atoms. The smallest absolute Gasteiger partial charge is 0.0946 e. The largest absolute Gasteiger partial charge is 0.362 e. The molecule has 19 heavy (non-hydrogen) atoms. The first-order valence-corrected chi connectivity index (χ1v) is 6.67. The average Bonchev–Trinajstić information content (AvgIpc) is 2.83. The second-order valence-electron chi connectivity index (χ2n) is 4.75. The SMILES string of the molecule is CCN(c1ccccc1C)C(CN)c1cncn1C. The van der Waals surface area contributed by atoms with Gasteiger partial charge in [-0.25, -0.2) is 4.98 Å². The van der Waals surface area contributed by atoms with Crippen LogP contribution in [0.5, 0.6) is 0 Å². The fourth-order valence-electron chi connectivity index (χ4n) is 2.54. The van der Waals surface area contributed by atoms with E-state index in [0.29, 0.717) is 6.54 Å². The van der Waals surface area contributed by atoms with Crippen LogP contribution in [0.1, 0.15) is 24.2 Å². The molecule has 0 radical (unpaired) electrons. The summed E-state index contributed by atoms with van der Waals surface area (Å²) in [7, 11) is 2.01. The third kappa shape index (κ3) is 2.63. The van der Waals surface area contributed by atoms with E-state index in [1.165, 1.54) is 11.3 Å². The zero-order valence-corrected chi connectivity index (χ0v) is 11.9. The number of anilines is 1. The summed E-state index contributed by atoms with van der Waals surface area (Å²) in [5, 5.41) is 0. The summed E-state index contributed by atoms with van der Waals surface area (Å²) in [6.45, 7) is 5.78. The molecule has 4 nitrogen and oxygen atoms in total. The molecule has 1 atom stereocenters. The summed E-state index contributed by atoms with van der Waals surface area (Å²) in [4.78, 5) is 6.54. The van der Waals surface area contributed by atoms with E-state index < -0.39 is 0 Å². The van der Waals surface area contributed by atoms with E-state index in [1.807, 2.05) is 24.1 Å². The normalized spacial score (nSPS) is 12.4. The molecule has 1 aromatic heterocycles. The number of aromatic nitrogens is 2. The number of likely N-dealkylation sites (N-methyl/N-ethyl adjacent to an activating group) is 1. The van der Waals surface area contributed by atoms with E-state index in [2.05, 4.69) is 48.0 Å². The van der Waals surface area contributed by atoms with Gasteiger partial charge in [-0.15, -0.1) is 0 Å². The Balaban J connectivity index is 2.40. The van der Waals surface area contributed by atoms with Crippen molar-refractivity contribution >= 4 is 5.69 Å². The fourth-order valence-corrected chi connectivity index (χ4v) is 2.54. The van der Waals surface area contributed by atoms with Gasteiger partial charge in [-0.05, 0) is 25.5 Å². The maximum atomic E-state index is 6.01. The molecule has 2 N–H and O–H groups in total. The molecule has 0 saturated heterocycles. The van der Waals surface area contributed by atoms with Crippen LogP contribution in [-0.4, -0.2) is 22.6 Å². The maximum absolute atomic E-state index is 6.01. The number of rotatable bonds is 5. The van der Waals surface area contributed by atoms with E-state index in [4.69, 9.17) is 5.73 Å². The molecule has 0 spiro atoms. The van der Waals surface area contributed by atoms with Gasteiger partial charge >= 0.3 is 0 Å². The first-order chi connectivity index (χ1) is 9.19. The molecule has 0 aliphatic rings. The van der Waals surface area contributed by atoms with E-state index in [-0.39, 0.29) is 6.04 Å². The highest BCUT2D eigenvalue weighted by Gasteiger charge is 2.21. The lowest BCUT2D eigenvalue weighted by Gasteiger charge is -2.33. The van der Waals surface area contributed by atoms with Gasteiger partial charge in [0, 0.05) is 25.8 Å². The molecule has 1 heterocycles. The van der Waals surface area contributed by atoms with Crippen LogP contribution in [0, 0.1) is 6.92 Å². The van der Waals surface area contributed by atoms with Gasteiger partial charge in [0.25, 0.3) is 0 Å². The highest BCUT2D eigenvalue weighted by atomic mass is 15.2. The van der Waals surface area contributed by atoms with Crippen LogP contribution in [0.2, 0.25) is 0 Å². The van der Waals surface area contributed by atoms with Crippen LogP contribution >= 0.6 is 0 Å². The zero-order valence-electron chi connectivity index (χ0n) is 11.9. The standard InChI is InChI=1S/C15H22N4/c1-4-19(13-8-6-5-7-12(13)2)14(9-16)15-10-17-11-18(15)3/h5-8,10-11,14H,4,9,16H2,1-3H3. The first-order valence-electron chi connectivity index (χ1n) is 6.67. The first kappa shape index (κ1) is 13.6. The minimum Gasteiger partial charge on any atom is -0.362 e. The van der Waals surface area contributed by atoms with Crippen molar-refractivity contribution in [3.8, 4) is 0 Å². The third-order valence-corrected chi connectivity index (χ3v) is 3.56. The van der Waals surface area contributed by atoms with Gasteiger partial charge in [-0.2, -0.15) is 0 Å². The van der Waals surface area contributed by atoms with Crippen molar-refractivity contribution in [2.45, 2.75) is 19.9 Å². The summed E-state index contributed by atoms with van der Waals surface area (Å²) in [6.07, 6.45) is 3.72. The molecule has 0 saturated carbocycles. The number of aryl methyl sites for hydroxylation is 2. The van der Waals surface area contributed by atoms with E-state index in [1.54, 1.807) is 0 Å². The van der Waals surface area contributed by atoms with Crippen molar-refractivity contribution in [3.63, 3.8) is 0 Å². The minimum atomic E-state index is 0.151. The van der Waals surface area contributed by atoms with E-state index in [0.717, 1.165) is 12.2 Å². The lowest BCUT2D eigenvalue weighted by atomic mass is 10.1. The van der Waals surface area contributed by atoms with Gasteiger partial charge < -0.3 is 15.2 Å². The number of nitrogens with two attached hydrogens (primary N) is 1. The predicted octanol–water partition coefficient (Wildman–Crippen LogP) is 2.25. The van der Waals surface area contributed by atoms with Crippen LogP contribution < -0.4 is 10.6 Å². The van der Waals surface area contributed by atoms with Gasteiger partial charge in [0.2, 0.25) is 0 Å². The van der Waals surface area contributed by atoms with Gasteiger partial charge in [-0.1, -0.05) is 18.2 Å². The Morgan fingerprint density at radius 1 is 1.37 bits per heavy atom.